The van der Waals surface area contributed by atoms with Gasteiger partial charge in [-0.25, -0.2) is 4.98 Å². The Hall–Kier alpha value is -2.18. The fraction of sp³-hybridized carbons (Fsp3) is 0.538. The SMILES string of the molecule is CC(=O)NCC(=O)N1CCC[C@H](Oc2cnccn2)C1. The molecule has 108 valence electrons. The van der Waals surface area contributed by atoms with Crippen LogP contribution in [0.15, 0.2) is 18.6 Å². The van der Waals surface area contributed by atoms with E-state index in [9.17, 15) is 9.59 Å². The number of rotatable bonds is 4. The van der Waals surface area contributed by atoms with Crippen molar-refractivity contribution in [3.05, 3.63) is 18.6 Å². The normalized spacial score (nSPS) is 18.4. The summed E-state index contributed by atoms with van der Waals surface area (Å²) in [5.41, 5.74) is 0. The Morgan fingerprint density at radius 3 is 3.05 bits per heavy atom. The molecular formula is C13H18N4O3. The first kappa shape index (κ1) is 14.2. The number of ether oxygens (including phenoxy) is 1. The van der Waals surface area contributed by atoms with Crippen molar-refractivity contribution in [1.82, 2.24) is 20.2 Å². The van der Waals surface area contributed by atoms with Crippen molar-refractivity contribution in [3.63, 3.8) is 0 Å². The second-order valence-electron chi connectivity index (χ2n) is 4.68. The third kappa shape index (κ3) is 4.18. The molecule has 0 aliphatic carbocycles. The summed E-state index contributed by atoms with van der Waals surface area (Å²) in [4.78, 5) is 32.4. The average Bonchev–Trinajstić information content (AvgIpc) is 2.46. The first-order valence-corrected chi connectivity index (χ1v) is 6.60. The van der Waals surface area contributed by atoms with E-state index in [4.69, 9.17) is 4.74 Å². The maximum absolute atomic E-state index is 11.9. The zero-order valence-corrected chi connectivity index (χ0v) is 11.4. The van der Waals surface area contributed by atoms with E-state index in [1.165, 1.54) is 6.92 Å². The predicted octanol–water partition coefficient (Wildman–Crippen LogP) is -0.0175. The van der Waals surface area contributed by atoms with Gasteiger partial charge in [-0.2, -0.15) is 0 Å². The molecule has 1 aromatic rings. The van der Waals surface area contributed by atoms with Gasteiger partial charge in [0, 0.05) is 25.9 Å². The predicted molar refractivity (Wildman–Crippen MR) is 70.9 cm³/mol. The summed E-state index contributed by atoms with van der Waals surface area (Å²) < 4.78 is 5.71. The number of aromatic nitrogens is 2. The Kier molecular flexibility index (Phi) is 4.86. The van der Waals surface area contributed by atoms with Gasteiger partial charge in [0.15, 0.2) is 0 Å². The summed E-state index contributed by atoms with van der Waals surface area (Å²) >= 11 is 0. The number of hydrogen-bond acceptors (Lipinski definition) is 5. The number of piperidine rings is 1. The van der Waals surface area contributed by atoms with Gasteiger partial charge in [0.05, 0.1) is 19.3 Å². The Bertz CT molecular complexity index is 466. The molecule has 0 aromatic carbocycles. The van der Waals surface area contributed by atoms with Crippen LogP contribution in [-0.4, -0.2) is 52.4 Å². The van der Waals surface area contributed by atoms with Crippen molar-refractivity contribution in [2.75, 3.05) is 19.6 Å². The van der Waals surface area contributed by atoms with E-state index in [0.29, 0.717) is 19.0 Å². The van der Waals surface area contributed by atoms with E-state index < -0.39 is 0 Å². The van der Waals surface area contributed by atoms with E-state index in [0.717, 1.165) is 12.8 Å². The monoisotopic (exact) mass is 278 g/mol. The van der Waals surface area contributed by atoms with Gasteiger partial charge in [0.2, 0.25) is 17.7 Å². The Labute approximate surface area is 117 Å². The molecular weight excluding hydrogens is 260 g/mol. The zero-order chi connectivity index (χ0) is 14.4. The highest BCUT2D eigenvalue weighted by molar-refractivity contribution is 5.83. The second kappa shape index (κ2) is 6.83. The van der Waals surface area contributed by atoms with Crippen LogP contribution < -0.4 is 10.1 Å². The van der Waals surface area contributed by atoms with Gasteiger partial charge in [0.25, 0.3) is 0 Å². The molecule has 2 amide bonds. The van der Waals surface area contributed by atoms with Crippen molar-refractivity contribution >= 4 is 11.8 Å². The molecule has 0 saturated carbocycles. The van der Waals surface area contributed by atoms with Crippen molar-refractivity contribution in [2.45, 2.75) is 25.9 Å². The summed E-state index contributed by atoms with van der Waals surface area (Å²) in [5.74, 6) is 0.170. The lowest BCUT2D eigenvalue weighted by molar-refractivity contribution is -0.134. The van der Waals surface area contributed by atoms with Gasteiger partial charge in [-0.15, -0.1) is 0 Å². The summed E-state index contributed by atoms with van der Waals surface area (Å²) in [6.45, 7) is 2.63. The fourth-order valence-electron chi connectivity index (χ4n) is 2.09. The van der Waals surface area contributed by atoms with Gasteiger partial charge in [0.1, 0.15) is 6.10 Å². The highest BCUT2D eigenvalue weighted by Gasteiger charge is 2.25. The highest BCUT2D eigenvalue weighted by Crippen LogP contribution is 2.15. The molecule has 1 aliphatic heterocycles. The molecule has 7 heteroatoms. The van der Waals surface area contributed by atoms with Crippen LogP contribution in [0.4, 0.5) is 0 Å². The second-order valence-corrected chi connectivity index (χ2v) is 4.68. The third-order valence-electron chi connectivity index (χ3n) is 3.05. The molecule has 0 bridgehead atoms. The van der Waals surface area contributed by atoms with Crippen LogP contribution >= 0.6 is 0 Å². The van der Waals surface area contributed by atoms with Crippen LogP contribution in [0.5, 0.6) is 5.88 Å². The van der Waals surface area contributed by atoms with E-state index in [1.54, 1.807) is 23.5 Å². The van der Waals surface area contributed by atoms with Crippen LogP contribution in [0, 0.1) is 0 Å². The van der Waals surface area contributed by atoms with E-state index >= 15 is 0 Å². The van der Waals surface area contributed by atoms with Gasteiger partial charge in [-0.3, -0.25) is 14.6 Å². The van der Waals surface area contributed by atoms with Gasteiger partial charge >= 0.3 is 0 Å². The minimum Gasteiger partial charge on any atom is -0.471 e. The Morgan fingerprint density at radius 2 is 2.35 bits per heavy atom. The number of amides is 2. The summed E-state index contributed by atoms with van der Waals surface area (Å²) in [5, 5.41) is 2.51. The number of nitrogens with one attached hydrogen (secondary N) is 1. The average molecular weight is 278 g/mol. The van der Waals surface area contributed by atoms with Crippen molar-refractivity contribution < 1.29 is 14.3 Å². The number of hydrogen-bond donors (Lipinski definition) is 1. The number of likely N-dealkylation sites (tertiary alicyclic amines) is 1. The fourth-order valence-corrected chi connectivity index (χ4v) is 2.09. The lowest BCUT2D eigenvalue weighted by Crippen LogP contribution is -2.47. The molecule has 0 radical (unpaired) electrons. The van der Waals surface area contributed by atoms with Crippen molar-refractivity contribution in [3.8, 4) is 5.88 Å². The molecule has 1 saturated heterocycles. The van der Waals surface area contributed by atoms with Gasteiger partial charge in [-0.1, -0.05) is 0 Å². The molecule has 20 heavy (non-hydrogen) atoms. The summed E-state index contributed by atoms with van der Waals surface area (Å²) in [6, 6.07) is 0. The van der Waals surface area contributed by atoms with Crippen LogP contribution in [-0.2, 0) is 9.59 Å². The van der Waals surface area contributed by atoms with E-state index in [2.05, 4.69) is 15.3 Å². The smallest absolute Gasteiger partial charge is 0.242 e. The molecule has 1 atom stereocenters. The molecule has 1 aliphatic rings. The lowest BCUT2D eigenvalue weighted by Gasteiger charge is -2.32. The minimum absolute atomic E-state index is 0.0349. The highest BCUT2D eigenvalue weighted by atomic mass is 16.5. The van der Waals surface area contributed by atoms with Crippen LogP contribution in [0.1, 0.15) is 19.8 Å². The van der Waals surface area contributed by atoms with E-state index in [1.807, 2.05) is 0 Å². The first-order chi connectivity index (χ1) is 9.65. The van der Waals surface area contributed by atoms with Crippen LogP contribution in [0.3, 0.4) is 0 Å². The van der Waals surface area contributed by atoms with Crippen molar-refractivity contribution in [1.29, 1.82) is 0 Å². The van der Waals surface area contributed by atoms with Crippen molar-refractivity contribution in [2.24, 2.45) is 0 Å². The van der Waals surface area contributed by atoms with Crippen LogP contribution in [0.25, 0.3) is 0 Å². The topological polar surface area (TPSA) is 84.4 Å². The Balaban J connectivity index is 1.85. The standard InChI is InChI=1S/C13H18N4O3/c1-10(18)16-8-13(19)17-6-2-3-11(9-17)20-12-7-14-4-5-15-12/h4-5,7,11H,2-3,6,8-9H2,1H3,(H,16,18)/t11-/m0/s1. The summed E-state index contributed by atoms with van der Waals surface area (Å²) in [6.07, 6.45) is 6.37. The third-order valence-corrected chi connectivity index (χ3v) is 3.05. The largest absolute Gasteiger partial charge is 0.471 e. The van der Waals surface area contributed by atoms with Crippen LogP contribution in [0.2, 0.25) is 0 Å². The molecule has 1 fully saturated rings. The molecule has 0 unspecified atom stereocenters. The number of carbonyl (C=O) groups excluding carboxylic acids is 2. The first-order valence-electron chi connectivity index (χ1n) is 6.60. The molecule has 7 nitrogen and oxygen atoms in total. The molecule has 1 aromatic heterocycles. The zero-order valence-electron chi connectivity index (χ0n) is 11.4. The molecule has 0 spiro atoms. The lowest BCUT2D eigenvalue weighted by atomic mass is 10.1. The van der Waals surface area contributed by atoms with Gasteiger partial charge in [-0.05, 0) is 12.8 Å². The Morgan fingerprint density at radius 1 is 1.50 bits per heavy atom. The molecule has 2 rings (SSSR count). The summed E-state index contributed by atoms with van der Waals surface area (Å²) in [7, 11) is 0. The maximum Gasteiger partial charge on any atom is 0.242 e. The molecule has 1 N–H and O–H groups in total. The number of nitrogens with zero attached hydrogens (tertiary/aromatic N) is 3. The maximum atomic E-state index is 11.9. The van der Waals surface area contributed by atoms with E-state index in [-0.39, 0.29) is 24.5 Å². The minimum atomic E-state index is -0.206. The number of carbonyl (C=O) groups is 2. The molecule has 2 heterocycles. The quantitative estimate of drug-likeness (QED) is 0.837. The van der Waals surface area contributed by atoms with Gasteiger partial charge < -0.3 is 15.0 Å².